The Kier molecular flexibility index (Phi) is 4.28. The lowest BCUT2D eigenvalue weighted by atomic mass is 9.46. The third kappa shape index (κ3) is 2.90. The first-order valence-electron chi connectivity index (χ1n) is 11.2. The van der Waals surface area contributed by atoms with Gasteiger partial charge in [-0.05, 0) is 88.5 Å². The number of likely N-dealkylation sites (N-methyl/N-ethyl adjacent to an activating group) is 1. The van der Waals surface area contributed by atoms with Gasteiger partial charge in [-0.3, -0.25) is 9.59 Å². The number of amides is 1. The molecule has 5 aliphatic carbocycles. The molecule has 6 rings (SSSR count). The molecule has 0 radical (unpaired) electrons. The van der Waals surface area contributed by atoms with E-state index in [1.54, 1.807) is 11.9 Å². The van der Waals surface area contributed by atoms with Crippen molar-refractivity contribution in [2.75, 3.05) is 7.05 Å². The minimum Gasteiger partial charge on any atom is -0.458 e. The third-order valence-corrected chi connectivity index (χ3v) is 8.59. The van der Waals surface area contributed by atoms with Gasteiger partial charge < -0.3 is 20.7 Å². The molecular formula is C22H32N4O3. The van der Waals surface area contributed by atoms with Crippen LogP contribution in [0, 0.1) is 34.5 Å². The van der Waals surface area contributed by atoms with E-state index in [0.717, 1.165) is 44.9 Å². The summed E-state index contributed by atoms with van der Waals surface area (Å²) in [6.45, 7) is 1.81. The number of nitrogens with one attached hydrogen (secondary N) is 1. The van der Waals surface area contributed by atoms with E-state index in [-0.39, 0.29) is 35.4 Å². The molecule has 0 spiro atoms. The van der Waals surface area contributed by atoms with Gasteiger partial charge in [0, 0.05) is 6.04 Å². The Bertz CT molecular complexity index is 763. The normalized spacial score (nSPS) is 46.0. The van der Waals surface area contributed by atoms with Gasteiger partial charge in [0.05, 0.1) is 12.1 Å². The number of esters is 1. The van der Waals surface area contributed by atoms with Crippen molar-refractivity contribution < 1.29 is 14.3 Å². The second-order valence-corrected chi connectivity index (χ2v) is 10.6. The molecule has 29 heavy (non-hydrogen) atoms. The number of nitrogens with two attached hydrogens (primary N) is 1. The van der Waals surface area contributed by atoms with Crippen LogP contribution >= 0.6 is 0 Å². The van der Waals surface area contributed by atoms with Crippen LogP contribution in [0.2, 0.25) is 0 Å². The van der Waals surface area contributed by atoms with Crippen LogP contribution in [0.4, 0.5) is 0 Å². The molecule has 1 amide bonds. The molecule has 7 heteroatoms. The van der Waals surface area contributed by atoms with Crippen LogP contribution in [0.5, 0.6) is 0 Å². The molecule has 0 aromatic carbocycles. The average molecular weight is 401 g/mol. The maximum absolute atomic E-state index is 13.5. The van der Waals surface area contributed by atoms with Crippen LogP contribution in [0.1, 0.15) is 58.3 Å². The van der Waals surface area contributed by atoms with Gasteiger partial charge in [0.2, 0.25) is 5.91 Å². The predicted molar refractivity (Wildman–Crippen MR) is 105 cm³/mol. The molecule has 0 aromatic rings. The predicted octanol–water partition coefficient (Wildman–Crippen LogP) is 1.32. The largest absolute Gasteiger partial charge is 0.458 e. The summed E-state index contributed by atoms with van der Waals surface area (Å²) in [5.74, 6) is 1.16. The lowest BCUT2D eigenvalue weighted by Crippen LogP contribution is -2.66. The number of nitriles is 1. The molecule has 4 bridgehead atoms. The second kappa shape index (κ2) is 6.42. The van der Waals surface area contributed by atoms with Gasteiger partial charge in [-0.15, -0.1) is 0 Å². The summed E-state index contributed by atoms with van der Waals surface area (Å²) >= 11 is 0. The summed E-state index contributed by atoms with van der Waals surface area (Å²) in [6, 6.07) is 1.25. The van der Waals surface area contributed by atoms with Gasteiger partial charge in [-0.25, -0.2) is 0 Å². The highest BCUT2D eigenvalue weighted by Gasteiger charge is 2.64. The molecule has 3 N–H and O–H groups in total. The van der Waals surface area contributed by atoms with Gasteiger partial charge in [0.1, 0.15) is 17.7 Å². The van der Waals surface area contributed by atoms with Crippen LogP contribution in [0.3, 0.4) is 0 Å². The lowest BCUT2D eigenvalue weighted by Gasteiger charge is -2.62. The highest BCUT2D eigenvalue weighted by atomic mass is 16.6. The van der Waals surface area contributed by atoms with Crippen molar-refractivity contribution in [3.05, 3.63) is 0 Å². The second-order valence-electron chi connectivity index (χ2n) is 10.6. The Morgan fingerprint density at radius 2 is 1.90 bits per heavy atom. The van der Waals surface area contributed by atoms with Crippen LogP contribution in [-0.4, -0.2) is 53.6 Å². The Labute approximate surface area is 172 Å². The summed E-state index contributed by atoms with van der Waals surface area (Å²) < 4.78 is 6.12. The van der Waals surface area contributed by atoms with Crippen molar-refractivity contribution >= 4 is 11.9 Å². The zero-order valence-electron chi connectivity index (χ0n) is 17.4. The van der Waals surface area contributed by atoms with Crippen LogP contribution in [0.25, 0.3) is 0 Å². The smallest absolute Gasteiger partial charge is 0.323 e. The minimum absolute atomic E-state index is 0.0476. The molecule has 6 fully saturated rings. The summed E-state index contributed by atoms with van der Waals surface area (Å²) in [5, 5.41) is 12.5. The number of likely N-dealkylation sites (tertiary alicyclic amines) is 1. The molecule has 7 atom stereocenters. The zero-order chi connectivity index (χ0) is 20.6. The van der Waals surface area contributed by atoms with Crippen LogP contribution < -0.4 is 11.1 Å². The number of hydrogen-bond donors (Lipinski definition) is 2. The van der Waals surface area contributed by atoms with Crippen molar-refractivity contribution in [1.29, 1.82) is 5.26 Å². The van der Waals surface area contributed by atoms with E-state index in [9.17, 15) is 14.9 Å². The van der Waals surface area contributed by atoms with Crippen molar-refractivity contribution in [3.63, 3.8) is 0 Å². The molecular weight excluding hydrogens is 368 g/mol. The number of nitrogens with zero attached hydrogens (tertiary/aromatic N) is 2. The van der Waals surface area contributed by atoms with E-state index in [4.69, 9.17) is 10.5 Å². The number of carbonyl (C=O) groups excluding carboxylic acids is 2. The molecule has 1 heterocycles. The van der Waals surface area contributed by atoms with E-state index in [0.29, 0.717) is 24.2 Å². The van der Waals surface area contributed by atoms with E-state index < -0.39 is 11.6 Å². The van der Waals surface area contributed by atoms with E-state index in [1.165, 1.54) is 0 Å². The molecule has 7 nitrogen and oxygen atoms in total. The topological polar surface area (TPSA) is 108 Å². The number of rotatable bonds is 5. The quantitative estimate of drug-likeness (QED) is 0.674. The Balaban J connectivity index is 1.39. The van der Waals surface area contributed by atoms with Gasteiger partial charge in [0.25, 0.3) is 0 Å². The first-order chi connectivity index (χ1) is 13.8. The lowest BCUT2D eigenvalue weighted by molar-refractivity contribution is -0.207. The number of piperidine rings is 1. The third-order valence-electron chi connectivity index (χ3n) is 8.59. The Morgan fingerprint density at radius 1 is 1.21 bits per heavy atom. The van der Waals surface area contributed by atoms with Gasteiger partial charge in [0.15, 0.2) is 0 Å². The fraction of sp³-hybridized carbons (Fsp3) is 0.864. The number of fused-ring (bicyclic) bond motifs is 1. The number of ether oxygens (including phenoxy) is 1. The molecule has 1 aliphatic heterocycles. The van der Waals surface area contributed by atoms with Crippen molar-refractivity contribution in [3.8, 4) is 6.07 Å². The maximum Gasteiger partial charge on any atom is 0.323 e. The zero-order valence-corrected chi connectivity index (χ0v) is 17.4. The van der Waals surface area contributed by atoms with Gasteiger partial charge >= 0.3 is 5.97 Å². The monoisotopic (exact) mass is 400 g/mol. The van der Waals surface area contributed by atoms with E-state index in [1.807, 2.05) is 6.92 Å². The molecule has 158 valence electrons. The molecule has 0 aromatic heterocycles. The van der Waals surface area contributed by atoms with Crippen molar-refractivity contribution in [1.82, 2.24) is 10.2 Å². The average Bonchev–Trinajstić information content (AvgIpc) is 3.34. The highest BCUT2D eigenvalue weighted by molar-refractivity contribution is 5.84. The first-order valence-corrected chi connectivity index (χ1v) is 11.2. The summed E-state index contributed by atoms with van der Waals surface area (Å²) in [7, 11) is 1.76. The Hall–Kier alpha value is -1.65. The van der Waals surface area contributed by atoms with Gasteiger partial charge in [-0.1, -0.05) is 0 Å². The fourth-order valence-electron chi connectivity index (χ4n) is 7.46. The molecule has 1 saturated heterocycles. The summed E-state index contributed by atoms with van der Waals surface area (Å²) in [4.78, 5) is 27.9. The van der Waals surface area contributed by atoms with Crippen LogP contribution in [0.15, 0.2) is 0 Å². The highest BCUT2D eigenvalue weighted by Crippen LogP contribution is 2.64. The molecule has 7 unspecified atom stereocenters. The summed E-state index contributed by atoms with van der Waals surface area (Å²) in [6.07, 6.45) is 7.31. The first kappa shape index (κ1) is 19.3. The van der Waals surface area contributed by atoms with Crippen molar-refractivity contribution in [2.45, 2.75) is 88.1 Å². The van der Waals surface area contributed by atoms with Crippen LogP contribution in [-0.2, 0) is 14.3 Å². The molecule has 5 saturated carbocycles. The fourth-order valence-corrected chi connectivity index (χ4v) is 7.46. The maximum atomic E-state index is 13.5. The SMILES string of the molecule is CNC(C)C(=O)OC12CC3CC(C1)CC(C(N)C(=O)N1C(C#N)CC4CC41)(C3)C2. The molecule has 6 aliphatic rings. The number of hydrogen-bond acceptors (Lipinski definition) is 6. The standard InChI is InChI=1S/C22H32N4O3/c1-12(25-2)20(28)29-22-8-13-3-14(9-22)7-21(6-13,11-22)18(24)19(27)26-16(10-23)4-15-5-17(15)26/h12-18,25H,3-9,11,24H2,1-2H3. The summed E-state index contributed by atoms with van der Waals surface area (Å²) in [5.41, 5.74) is 5.93. The Morgan fingerprint density at radius 3 is 2.52 bits per heavy atom. The number of carbonyl (C=O) groups is 2. The van der Waals surface area contributed by atoms with E-state index in [2.05, 4.69) is 11.4 Å². The van der Waals surface area contributed by atoms with Gasteiger partial charge in [-0.2, -0.15) is 5.26 Å². The van der Waals surface area contributed by atoms with Crippen molar-refractivity contribution in [2.24, 2.45) is 28.9 Å². The minimum atomic E-state index is -0.608. The van der Waals surface area contributed by atoms with E-state index >= 15 is 0 Å².